The van der Waals surface area contributed by atoms with E-state index in [4.69, 9.17) is 10.00 Å². The second kappa shape index (κ2) is 4.54. The van der Waals surface area contributed by atoms with Crippen LogP contribution in [-0.2, 0) is 15.9 Å². The Morgan fingerprint density at radius 1 is 1.24 bits per heavy atom. The highest BCUT2D eigenvalue weighted by Gasteiger charge is 2.64. The molecule has 0 amide bonds. The summed E-state index contributed by atoms with van der Waals surface area (Å²) in [6, 6.07) is 2.03. The van der Waals surface area contributed by atoms with Gasteiger partial charge in [-0.15, -0.1) is 0 Å². The van der Waals surface area contributed by atoms with E-state index in [2.05, 4.69) is 4.98 Å². The molecule has 2 unspecified atom stereocenters. The first-order valence-corrected chi connectivity index (χ1v) is 8.08. The Labute approximate surface area is 144 Å². The van der Waals surface area contributed by atoms with Crippen LogP contribution >= 0.6 is 0 Å². The number of aliphatic hydroxyl groups is 1. The smallest absolute Gasteiger partial charge is 0.205 e. The van der Waals surface area contributed by atoms with Crippen molar-refractivity contribution in [1.82, 2.24) is 9.55 Å². The van der Waals surface area contributed by atoms with E-state index in [1.807, 2.05) is 6.07 Å². The van der Waals surface area contributed by atoms with Crippen molar-refractivity contribution in [2.45, 2.75) is 51.4 Å². The maximum absolute atomic E-state index is 10.9. The highest BCUT2D eigenvalue weighted by atomic mass is 16.6. The molecular formula is C18H19N3O4. The Bertz CT molecular complexity index is 974. The lowest BCUT2D eigenvalue weighted by Crippen LogP contribution is -2.32. The molecule has 7 heteroatoms. The number of pyridine rings is 1. The van der Waals surface area contributed by atoms with Gasteiger partial charge in [0.05, 0.1) is 34.7 Å². The Kier molecular flexibility index (Phi) is 2.89. The van der Waals surface area contributed by atoms with Gasteiger partial charge in [0, 0.05) is 6.42 Å². The van der Waals surface area contributed by atoms with Gasteiger partial charge in [0.25, 0.3) is 0 Å². The summed E-state index contributed by atoms with van der Waals surface area (Å²) in [5, 5.41) is 41.2. The number of ether oxygens (including phenoxy) is 1. The fourth-order valence-corrected chi connectivity index (χ4v) is 4.29. The fraction of sp³-hybridized carbons (Fsp3) is 0.444. The summed E-state index contributed by atoms with van der Waals surface area (Å²) in [4.78, 5) is 4.12. The topological polar surface area (TPSA) is 112 Å². The number of aromatic hydroxyl groups is 2. The summed E-state index contributed by atoms with van der Waals surface area (Å²) >= 11 is 0. The lowest BCUT2D eigenvalue weighted by Gasteiger charge is -2.25. The van der Waals surface area contributed by atoms with E-state index in [1.165, 1.54) is 10.8 Å². The van der Waals surface area contributed by atoms with Crippen LogP contribution in [0.1, 0.15) is 48.2 Å². The molecule has 0 radical (unpaired) electrons. The highest BCUT2D eigenvalue weighted by Crippen LogP contribution is 2.64. The standard InChI is InChI=1S/C18H19N3O4/c1-8-9(2)11(7-20-10(8)6-19)21-15(23)13-14(16(21)24)18(4)12(22)5-17(13,3)25-18/h7,12,22-24H,5H2,1-4H3/t12-,17?,18?/m0/s1. The molecule has 1 saturated heterocycles. The highest BCUT2D eigenvalue weighted by molar-refractivity contribution is 5.63. The first kappa shape index (κ1) is 15.9. The molecule has 0 aliphatic carbocycles. The number of nitriles is 1. The summed E-state index contributed by atoms with van der Waals surface area (Å²) in [5.74, 6) is -0.300. The monoisotopic (exact) mass is 341 g/mol. The summed E-state index contributed by atoms with van der Waals surface area (Å²) in [6.45, 7) is 7.09. The van der Waals surface area contributed by atoms with Gasteiger partial charge in [0.15, 0.2) is 0 Å². The van der Waals surface area contributed by atoms with Crippen molar-refractivity contribution in [2.75, 3.05) is 0 Å². The van der Waals surface area contributed by atoms with Crippen molar-refractivity contribution in [2.24, 2.45) is 0 Å². The zero-order chi connectivity index (χ0) is 18.3. The SMILES string of the molecule is Cc1c(-n2c(O)c3c(c2O)C2(C)OC3(C)C[C@@H]2O)cnc(C#N)c1C. The molecule has 130 valence electrons. The van der Waals surface area contributed by atoms with Crippen molar-refractivity contribution in [3.63, 3.8) is 0 Å². The summed E-state index contributed by atoms with van der Waals surface area (Å²) in [7, 11) is 0. The van der Waals surface area contributed by atoms with Gasteiger partial charge in [0.2, 0.25) is 11.8 Å². The molecule has 0 aromatic carbocycles. The Hall–Kier alpha value is -2.56. The van der Waals surface area contributed by atoms with E-state index < -0.39 is 17.3 Å². The summed E-state index contributed by atoms with van der Waals surface area (Å²) < 4.78 is 7.29. The van der Waals surface area contributed by atoms with Crippen molar-refractivity contribution in [3.8, 4) is 23.5 Å². The van der Waals surface area contributed by atoms with Crippen LogP contribution in [0.5, 0.6) is 11.8 Å². The maximum atomic E-state index is 10.9. The third-order valence-corrected chi connectivity index (χ3v) is 5.77. The van der Waals surface area contributed by atoms with Crippen molar-refractivity contribution in [1.29, 1.82) is 5.26 Å². The van der Waals surface area contributed by atoms with E-state index in [0.717, 1.165) is 5.56 Å². The molecule has 1 fully saturated rings. The molecule has 2 aliphatic rings. The van der Waals surface area contributed by atoms with E-state index in [-0.39, 0.29) is 11.8 Å². The third-order valence-electron chi connectivity index (χ3n) is 5.77. The van der Waals surface area contributed by atoms with Gasteiger partial charge in [-0.25, -0.2) is 9.55 Å². The predicted molar refractivity (Wildman–Crippen MR) is 87.5 cm³/mol. The van der Waals surface area contributed by atoms with Gasteiger partial charge in [0.1, 0.15) is 17.4 Å². The van der Waals surface area contributed by atoms with Crippen LogP contribution in [0, 0.1) is 25.2 Å². The van der Waals surface area contributed by atoms with Crippen LogP contribution in [-0.4, -0.2) is 31.0 Å². The molecule has 0 spiro atoms. The molecule has 2 aromatic heterocycles. The molecule has 4 rings (SSSR count). The van der Waals surface area contributed by atoms with Crippen molar-refractivity contribution in [3.05, 3.63) is 34.1 Å². The summed E-state index contributed by atoms with van der Waals surface area (Å²) in [6.07, 6.45) is 1.03. The lowest BCUT2D eigenvalue weighted by atomic mass is 9.78. The van der Waals surface area contributed by atoms with Crippen LogP contribution in [0.25, 0.3) is 5.69 Å². The number of nitrogens with zero attached hydrogens (tertiary/aromatic N) is 3. The molecule has 3 atom stereocenters. The van der Waals surface area contributed by atoms with Gasteiger partial charge in [-0.3, -0.25) is 0 Å². The van der Waals surface area contributed by atoms with Crippen LogP contribution in [0.2, 0.25) is 0 Å². The third kappa shape index (κ3) is 1.68. The number of fused-ring (bicyclic) bond motifs is 5. The summed E-state index contributed by atoms with van der Waals surface area (Å²) in [5.41, 5.74) is 1.19. The van der Waals surface area contributed by atoms with Crippen molar-refractivity contribution >= 4 is 0 Å². The second-order valence-electron chi connectivity index (χ2n) is 7.25. The average Bonchev–Trinajstić information content (AvgIpc) is 3.05. The number of hydrogen-bond acceptors (Lipinski definition) is 6. The fourth-order valence-electron chi connectivity index (χ4n) is 4.29. The maximum Gasteiger partial charge on any atom is 0.205 e. The Morgan fingerprint density at radius 3 is 2.52 bits per heavy atom. The molecular weight excluding hydrogens is 322 g/mol. The van der Waals surface area contributed by atoms with Gasteiger partial charge < -0.3 is 20.1 Å². The number of aromatic nitrogens is 2. The molecule has 2 aliphatic heterocycles. The van der Waals surface area contributed by atoms with E-state index >= 15 is 0 Å². The van der Waals surface area contributed by atoms with Gasteiger partial charge in [-0.1, -0.05) is 0 Å². The zero-order valence-electron chi connectivity index (χ0n) is 14.5. The van der Waals surface area contributed by atoms with Crippen LogP contribution in [0.3, 0.4) is 0 Å². The molecule has 2 bridgehead atoms. The average molecular weight is 341 g/mol. The largest absolute Gasteiger partial charge is 0.494 e. The van der Waals surface area contributed by atoms with E-state index in [0.29, 0.717) is 34.5 Å². The van der Waals surface area contributed by atoms with E-state index in [9.17, 15) is 15.3 Å². The molecule has 25 heavy (non-hydrogen) atoms. The first-order valence-electron chi connectivity index (χ1n) is 8.08. The van der Waals surface area contributed by atoms with Gasteiger partial charge in [-0.05, 0) is 38.8 Å². The van der Waals surface area contributed by atoms with Crippen LogP contribution in [0.15, 0.2) is 6.20 Å². The lowest BCUT2D eigenvalue weighted by molar-refractivity contribution is -0.0936. The van der Waals surface area contributed by atoms with Crippen molar-refractivity contribution < 1.29 is 20.1 Å². The second-order valence-corrected chi connectivity index (χ2v) is 7.25. The molecule has 3 N–H and O–H groups in total. The minimum atomic E-state index is -1.07. The minimum Gasteiger partial charge on any atom is -0.494 e. The quantitative estimate of drug-likeness (QED) is 0.731. The number of rotatable bonds is 1. The molecule has 2 aromatic rings. The number of hydrogen-bond donors (Lipinski definition) is 3. The Balaban J connectivity index is 2.02. The van der Waals surface area contributed by atoms with Crippen LogP contribution in [0.4, 0.5) is 0 Å². The minimum absolute atomic E-state index is 0.125. The zero-order valence-corrected chi connectivity index (χ0v) is 14.5. The Morgan fingerprint density at radius 2 is 1.88 bits per heavy atom. The van der Waals surface area contributed by atoms with Crippen LogP contribution < -0.4 is 0 Å². The number of aliphatic hydroxyl groups excluding tert-OH is 1. The normalized spacial score (nSPS) is 29.7. The molecule has 0 saturated carbocycles. The molecule has 4 heterocycles. The predicted octanol–water partition coefficient (Wildman–Crippen LogP) is 2.00. The first-order chi connectivity index (χ1) is 11.7. The van der Waals surface area contributed by atoms with E-state index in [1.54, 1.807) is 27.7 Å². The molecule has 7 nitrogen and oxygen atoms in total. The van der Waals surface area contributed by atoms with Gasteiger partial charge >= 0.3 is 0 Å². The van der Waals surface area contributed by atoms with Gasteiger partial charge in [-0.2, -0.15) is 5.26 Å².